The van der Waals surface area contributed by atoms with E-state index in [-0.39, 0.29) is 30.3 Å². The molecule has 1 aromatic heterocycles. The van der Waals surface area contributed by atoms with Gasteiger partial charge in [0.2, 0.25) is 0 Å². The summed E-state index contributed by atoms with van der Waals surface area (Å²) in [6.45, 7) is 4.21. The van der Waals surface area contributed by atoms with Gasteiger partial charge in [0.15, 0.2) is 11.4 Å². The molecule has 146 valence electrons. The Morgan fingerprint density at radius 2 is 1.56 bits per heavy atom. The van der Waals surface area contributed by atoms with Crippen LogP contribution in [0, 0.1) is 0 Å². The summed E-state index contributed by atoms with van der Waals surface area (Å²) in [7, 11) is 0. The Morgan fingerprint density at radius 1 is 1.04 bits per heavy atom. The number of halogens is 2. The van der Waals surface area contributed by atoms with Gasteiger partial charge in [0.1, 0.15) is 0 Å². The van der Waals surface area contributed by atoms with E-state index in [1.165, 1.54) is 12.4 Å². The maximum atomic E-state index is 12.5. The van der Waals surface area contributed by atoms with Crippen molar-refractivity contribution in [3.05, 3.63) is 53.1 Å². The minimum atomic E-state index is -0.532. The quantitative estimate of drug-likeness (QED) is 0.648. The molecule has 0 saturated heterocycles. The van der Waals surface area contributed by atoms with Crippen LogP contribution in [0.3, 0.4) is 0 Å². The number of nitrogens with zero attached hydrogens (tertiary/aromatic N) is 2. The summed E-state index contributed by atoms with van der Waals surface area (Å²) in [6, 6.07) is 6.61. The predicted octanol–water partition coefficient (Wildman–Crippen LogP) is 3.05. The number of benzene rings is 1. The number of amides is 2. The largest absolute Gasteiger partial charge is 0.349 e. The van der Waals surface area contributed by atoms with Crippen LogP contribution in [0.4, 0.5) is 5.69 Å². The van der Waals surface area contributed by atoms with E-state index in [0.29, 0.717) is 23.6 Å². The van der Waals surface area contributed by atoms with Gasteiger partial charge in [-0.3, -0.25) is 9.59 Å². The standard InChI is InChI=1S/C18H22ClN5O2.ClH/c1-3-18(20,4-2)11-23-16(25)14-15(22-10-9-21-14)17(26)24-13-7-5-12(19)6-8-13;/h5-10H,3-4,11,20H2,1-2H3,(H,23,25)(H,24,26);1H. The van der Waals surface area contributed by atoms with E-state index >= 15 is 0 Å². The number of nitrogens with one attached hydrogen (secondary N) is 2. The maximum absolute atomic E-state index is 12.5. The zero-order valence-corrected chi connectivity index (χ0v) is 16.7. The molecule has 2 rings (SSSR count). The molecule has 0 saturated carbocycles. The summed E-state index contributed by atoms with van der Waals surface area (Å²) in [6.07, 6.45) is 4.16. The second-order valence-electron chi connectivity index (χ2n) is 5.97. The number of carbonyl (C=O) groups excluding carboxylic acids is 2. The molecule has 0 atom stereocenters. The summed E-state index contributed by atoms with van der Waals surface area (Å²) in [4.78, 5) is 33.0. The van der Waals surface area contributed by atoms with Crippen molar-refractivity contribution in [3.63, 3.8) is 0 Å². The van der Waals surface area contributed by atoms with Gasteiger partial charge in [-0.25, -0.2) is 9.97 Å². The van der Waals surface area contributed by atoms with Crippen molar-refractivity contribution < 1.29 is 9.59 Å². The molecular weight excluding hydrogens is 389 g/mol. The lowest BCUT2D eigenvalue weighted by atomic mass is 9.94. The van der Waals surface area contributed by atoms with Crippen LogP contribution >= 0.6 is 24.0 Å². The van der Waals surface area contributed by atoms with Crippen molar-refractivity contribution in [1.29, 1.82) is 0 Å². The Morgan fingerprint density at radius 3 is 2.07 bits per heavy atom. The van der Waals surface area contributed by atoms with Crippen molar-refractivity contribution in [2.75, 3.05) is 11.9 Å². The Balaban J connectivity index is 0.00000364. The first kappa shape index (κ1) is 22.8. The second-order valence-corrected chi connectivity index (χ2v) is 6.40. The molecule has 1 aromatic carbocycles. The molecule has 7 nitrogen and oxygen atoms in total. The van der Waals surface area contributed by atoms with Crippen molar-refractivity contribution in [3.8, 4) is 0 Å². The number of aromatic nitrogens is 2. The third-order valence-corrected chi connectivity index (χ3v) is 4.49. The number of hydrogen-bond donors (Lipinski definition) is 3. The number of anilines is 1. The van der Waals surface area contributed by atoms with Crippen LogP contribution in [0.2, 0.25) is 5.02 Å². The van der Waals surface area contributed by atoms with Crippen molar-refractivity contribution in [1.82, 2.24) is 15.3 Å². The molecule has 0 unspecified atom stereocenters. The van der Waals surface area contributed by atoms with E-state index in [1.807, 2.05) is 13.8 Å². The molecule has 0 aliphatic carbocycles. The van der Waals surface area contributed by atoms with Crippen molar-refractivity contribution in [2.45, 2.75) is 32.2 Å². The summed E-state index contributed by atoms with van der Waals surface area (Å²) >= 11 is 5.83. The fraction of sp³-hybridized carbons (Fsp3) is 0.333. The Bertz CT molecular complexity index is 780. The van der Waals surface area contributed by atoms with Crippen LogP contribution in [-0.2, 0) is 0 Å². The fourth-order valence-electron chi connectivity index (χ4n) is 2.23. The van der Waals surface area contributed by atoms with Crippen molar-refractivity contribution in [2.24, 2.45) is 5.73 Å². The van der Waals surface area contributed by atoms with E-state index in [2.05, 4.69) is 20.6 Å². The molecule has 9 heteroatoms. The highest BCUT2D eigenvalue weighted by molar-refractivity contribution is 6.30. The molecule has 2 amide bonds. The van der Waals surface area contributed by atoms with Gasteiger partial charge >= 0.3 is 0 Å². The molecule has 27 heavy (non-hydrogen) atoms. The highest BCUT2D eigenvalue weighted by Crippen LogP contribution is 2.15. The lowest BCUT2D eigenvalue weighted by molar-refractivity contribution is 0.0923. The van der Waals surface area contributed by atoms with Gasteiger partial charge in [-0.05, 0) is 37.1 Å². The van der Waals surface area contributed by atoms with Gasteiger partial charge in [-0.2, -0.15) is 0 Å². The van der Waals surface area contributed by atoms with E-state index in [0.717, 1.165) is 0 Å². The molecule has 0 radical (unpaired) electrons. The van der Waals surface area contributed by atoms with Crippen LogP contribution in [-0.4, -0.2) is 33.9 Å². The number of nitrogens with two attached hydrogens (primary N) is 1. The number of carbonyl (C=O) groups is 2. The molecule has 0 aliphatic heterocycles. The molecule has 2 aromatic rings. The summed E-state index contributed by atoms with van der Waals surface area (Å²) in [5.74, 6) is -1.02. The minimum absolute atomic E-state index is 0. The molecule has 0 bridgehead atoms. The van der Waals surface area contributed by atoms with Crippen LogP contribution < -0.4 is 16.4 Å². The maximum Gasteiger partial charge on any atom is 0.276 e. The monoisotopic (exact) mass is 411 g/mol. The van der Waals surface area contributed by atoms with Crippen LogP contribution in [0.5, 0.6) is 0 Å². The normalized spacial score (nSPS) is 10.7. The summed E-state index contributed by atoms with van der Waals surface area (Å²) in [5.41, 5.74) is 6.13. The van der Waals surface area contributed by atoms with Crippen molar-refractivity contribution >= 4 is 41.5 Å². The molecule has 0 fully saturated rings. The van der Waals surface area contributed by atoms with Crippen LogP contribution in [0.1, 0.15) is 47.7 Å². The minimum Gasteiger partial charge on any atom is -0.349 e. The molecule has 1 heterocycles. The molecule has 0 aliphatic rings. The average Bonchev–Trinajstić information content (AvgIpc) is 2.67. The van der Waals surface area contributed by atoms with Gasteiger partial charge < -0.3 is 16.4 Å². The first-order valence-electron chi connectivity index (χ1n) is 8.33. The smallest absolute Gasteiger partial charge is 0.276 e. The lowest BCUT2D eigenvalue weighted by Crippen LogP contribution is -2.49. The van der Waals surface area contributed by atoms with E-state index < -0.39 is 17.4 Å². The predicted molar refractivity (Wildman–Crippen MR) is 109 cm³/mol. The molecule has 0 spiro atoms. The van der Waals surface area contributed by atoms with Gasteiger partial charge in [0.05, 0.1) is 0 Å². The third-order valence-electron chi connectivity index (χ3n) is 4.24. The summed E-state index contributed by atoms with van der Waals surface area (Å²) < 4.78 is 0. The lowest BCUT2D eigenvalue weighted by Gasteiger charge is -2.26. The van der Waals surface area contributed by atoms with Gasteiger partial charge in [-0.1, -0.05) is 25.4 Å². The number of hydrogen-bond acceptors (Lipinski definition) is 5. The highest BCUT2D eigenvalue weighted by atomic mass is 35.5. The SMILES string of the molecule is CCC(N)(CC)CNC(=O)c1nccnc1C(=O)Nc1ccc(Cl)cc1.Cl. The molecular formula is C18H23Cl2N5O2. The first-order chi connectivity index (χ1) is 12.4. The fourth-order valence-corrected chi connectivity index (χ4v) is 2.36. The van der Waals surface area contributed by atoms with Crippen LogP contribution in [0.15, 0.2) is 36.7 Å². The van der Waals surface area contributed by atoms with Gasteiger partial charge in [0.25, 0.3) is 11.8 Å². The highest BCUT2D eigenvalue weighted by Gasteiger charge is 2.24. The Hall–Kier alpha value is -2.22. The van der Waals surface area contributed by atoms with Gasteiger partial charge in [0, 0.05) is 35.2 Å². The van der Waals surface area contributed by atoms with E-state index in [1.54, 1.807) is 24.3 Å². The average molecular weight is 412 g/mol. The van der Waals surface area contributed by atoms with Crippen LogP contribution in [0.25, 0.3) is 0 Å². The van der Waals surface area contributed by atoms with E-state index in [9.17, 15) is 9.59 Å². The third kappa shape index (κ3) is 6.16. The van der Waals surface area contributed by atoms with E-state index in [4.69, 9.17) is 17.3 Å². The summed E-state index contributed by atoms with van der Waals surface area (Å²) in [5, 5.41) is 5.97. The topological polar surface area (TPSA) is 110 Å². The molecule has 4 N–H and O–H groups in total. The number of rotatable bonds is 7. The second kappa shape index (κ2) is 10.2. The Kier molecular flexibility index (Phi) is 8.62. The first-order valence-corrected chi connectivity index (χ1v) is 8.71. The Labute approximate surface area is 169 Å². The zero-order chi connectivity index (χ0) is 19.2. The van der Waals surface area contributed by atoms with Gasteiger partial charge in [-0.15, -0.1) is 12.4 Å². The zero-order valence-electron chi connectivity index (χ0n) is 15.2.